The molecule has 0 spiro atoms. The minimum Gasteiger partial charge on any atom is -0.462 e. The van der Waals surface area contributed by atoms with E-state index >= 15 is 0 Å². The molecule has 0 aliphatic carbocycles. The fraction of sp³-hybridized carbons (Fsp3) is 0.805. The first kappa shape index (κ1) is 46.0. The van der Waals surface area contributed by atoms with E-state index in [1.807, 2.05) is 12.2 Å². The van der Waals surface area contributed by atoms with Gasteiger partial charge in [0.05, 0.1) is 18.8 Å². The molecule has 0 bridgehead atoms. The zero-order valence-electron chi connectivity index (χ0n) is 31.1. The quantitative estimate of drug-likeness (QED) is 0.0353. The van der Waals surface area contributed by atoms with E-state index in [4.69, 9.17) is 9.47 Å². The minimum atomic E-state index is -0.940. The second-order valence-corrected chi connectivity index (χ2v) is 13.8. The summed E-state index contributed by atoms with van der Waals surface area (Å²) in [4.78, 5) is 24.3. The molecular formula is C41H74O7. The second-order valence-electron chi connectivity index (χ2n) is 13.8. The van der Waals surface area contributed by atoms with Gasteiger partial charge in [0.15, 0.2) is 6.10 Å². The highest BCUT2D eigenvalue weighted by Crippen LogP contribution is 2.15. The van der Waals surface area contributed by atoms with Crippen molar-refractivity contribution in [2.45, 2.75) is 193 Å². The Hall–Kier alpha value is -1.96. The van der Waals surface area contributed by atoms with Crippen molar-refractivity contribution >= 4 is 11.9 Å². The van der Waals surface area contributed by atoms with Crippen LogP contribution >= 0.6 is 0 Å². The van der Waals surface area contributed by atoms with Crippen LogP contribution in [0.25, 0.3) is 0 Å². The number of esters is 2. The van der Waals surface area contributed by atoms with Gasteiger partial charge in [0.2, 0.25) is 0 Å². The Morgan fingerprint density at radius 2 is 1.15 bits per heavy atom. The zero-order chi connectivity index (χ0) is 35.5. The largest absolute Gasteiger partial charge is 0.462 e. The van der Waals surface area contributed by atoms with Crippen molar-refractivity contribution in [1.29, 1.82) is 0 Å². The molecular weight excluding hydrogens is 604 g/mol. The summed E-state index contributed by atoms with van der Waals surface area (Å²) in [6, 6.07) is 0. The standard InChI is InChI=1S/C41H74O7/c1-4-5-6-7-8-9-10-14-17-20-23-26-30-38(43)39(44)31-28-33-41(46)48-37(34-42)35-47-40(45)32-27-24-21-18-15-12-11-13-16-19-22-25-29-36(2)3/h8-9,14,17,23,26,36-39,42-44H,4-7,10-13,15-16,18-22,24-25,27-35H2,1-3H3/b9-8-,17-14-,26-23-/t37-,38?,39?/m0/s1. The fourth-order valence-corrected chi connectivity index (χ4v) is 5.43. The Kier molecular flexibility index (Phi) is 33.5. The second kappa shape index (κ2) is 34.9. The number of unbranched alkanes of at least 4 members (excludes halogenated alkanes) is 14. The Morgan fingerprint density at radius 1 is 0.604 bits per heavy atom. The predicted octanol–water partition coefficient (Wildman–Crippen LogP) is 9.86. The third-order valence-electron chi connectivity index (χ3n) is 8.57. The van der Waals surface area contributed by atoms with Crippen molar-refractivity contribution in [2.75, 3.05) is 13.2 Å². The van der Waals surface area contributed by atoms with Gasteiger partial charge in [-0.2, -0.15) is 0 Å². The van der Waals surface area contributed by atoms with E-state index in [-0.39, 0.29) is 25.4 Å². The van der Waals surface area contributed by atoms with Crippen LogP contribution in [0.4, 0.5) is 0 Å². The van der Waals surface area contributed by atoms with E-state index in [9.17, 15) is 24.9 Å². The van der Waals surface area contributed by atoms with E-state index < -0.39 is 30.9 Å². The van der Waals surface area contributed by atoms with Gasteiger partial charge in [-0.3, -0.25) is 9.59 Å². The molecule has 0 saturated heterocycles. The van der Waals surface area contributed by atoms with E-state index in [0.717, 1.165) is 44.4 Å². The summed E-state index contributed by atoms with van der Waals surface area (Å²) in [5, 5.41) is 30.0. The molecule has 0 saturated carbocycles. The molecule has 0 heterocycles. The van der Waals surface area contributed by atoms with Crippen LogP contribution in [-0.2, 0) is 19.1 Å². The number of allylic oxidation sites excluding steroid dienone is 5. The topological polar surface area (TPSA) is 113 Å². The van der Waals surface area contributed by atoms with Crippen LogP contribution in [0.15, 0.2) is 36.5 Å². The Labute approximate surface area is 294 Å². The first-order chi connectivity index (χ1) is 23.3. The molecule has 7 heteroatoms. The predicted molar refractivity (Wildman–Crippen MR) is 199 cm³/mol. The molecule has 0 fully saturated rings. The summed E-state index contributed by atoms with van der Waals surface area (Å²) in [7, 11) is 0. The van der Waals surface area contributed by atoms with Crippen LogP contribution in [0.1, 0.15) is 175 Å². The highest BCUT2D eigenvalue weighted by molar-refractivity contribution is 5.70. The van der Waals surface area contributed by atoms with Crippen LogP contribution in [0.5, 0.6) is 0 Å². The highest BCUT2D eigenvalue weighted by atomic mass is 16.6. The average Bonchev–Trinajstić information content (AvgIpc) is 3.06. The van der Waals surface area contributed by atoms with Gasteiger partial charge in [-0.05, 0) is 57.3 Å². The number of hydrogen-bond donors (Lipinski definition) is 3. The van der Waals surface area contributed by atoms with E-state index in [1.54, 1.807) is 0 Å². The molecule has 0 aromatic carbocycles. The lowest BCUT2D eigenvalue weighted by atomic mass is 10.0. The van der Waals surface area contributed by atoms with Crippen LogP contribution < -0.4 is 0 Å². The van der Waals surface area contributed by atoms with Crippen LogP contribution in [0.2, 0.25) is 0 Å². The van der Waals surface area contributed by atoms with Gasteiger partial charge in [-0.15, -0.1) is 0 Å². The number of carbonyl (C=O) groups excluding carboxylic acids is 2. The number of aliphatic hydroxyl groups excluding tert-OH is 3. The molecule has 0 aliphatic rings. The highest BCUT2D eigenvalue weighted by Gasteiger charge is 2.18. The number of carbonyl (C=O) groups is 2. The summed E-state index contributed by atoms with van der Waals surface area (Å²) >= 11 is 0. The Bertz CT molecular complexity index is 820. The summed E-state index contributed by atoms with van der Waals surface area (Å²) in [5.41, 5.74) is 0. The van der Waals surface area contributed by atoms with Gasteiger partial charge in [0, 0.05) is 12.8 Å². The number of rotatable bonds is 34. The van der Waals surface area contributed by atoms with E-state index in [2.05, 4.69) is 45.1 Å². The van der Waals surface area contributed by atoms with E-state index in [1.165, 1.54) is 83.5 Å². The van der Waals surface area contributed by atoms with Crippen molar-refractivity contribution in [2.24, 2.45) is 5.92 Å². The summed E-state index contributed by atoms with van der Waals surface area (Å²) in [6.45, 7) is 6.19. The molecule has 0 aromatic heterocycles. The monoisotopic (exact) mass is 679 g/mol. The molecule has 0 aliphatic heterocycles. The SMILES string of the molecule is CCCCC/C=C\C/C=C\C/C=C\CC(O)C(O)CCCC(=O)O[C@@H](CO)COC(=O)CCCCCCCCCCCCCCC(C)C. The van der Waals surface area contributed by atoms with E-state index in [0.29, 0.717) is 19.3 Å². The number of ether oxygens (including phenoxy) is 2. The fourth-order valence-electron chi connectivity index (χ4n) is 5.43. The van der Waals surface area contributed by atoms with Crippen molar-refractivity contribution in [1.82, 2.24) is 0 Å². The number of hydrogen-bond acceptors (Lipinski definition) is 7. The van der Waals surface area contributed by atoms with Crippen molar-refractivity contribution in [3.63, 3.8) is 0 Å². The lowest BCUT2D eigenvalue weighted by molar-refractivity contribution is -0.161. The maximum atomic E-state index is 12.2. The maximum absolute atomic E-state index is 12.2. The third kappa shape index (κ3) is 32.6. The number of aliphatic hydroxyl groups is 3. The molecule has 2 unspecified atom stereocenters. The smallest absolute Gasteiger partial charge is 0.306 e. The third-order valence-corrected chi connectivity index (χ3v) is 8.57. The lowest BCUT2D eigenvalue weighted by Crippen LogP contribution is -2.29. The minimum absolute atomic E-state index is 0.0420. The molecule has 0 rings (SSSR count). The van der Waals surface area contributed by atoms with Gasteiger partial charge in [-0.1, -0.05) is 147 Å². The van der Waals surface area contributed by atoms with Gasteiger partial charge < -0.3 is 24.8 Å². The molecule has 48 heavy (non-hydrogen) atoms. The Morgan fingerprint density at radius 3 is 1.73 bits per heavy atom. The summed E-state index contributed by atoms with van der Waals surface area (Å²) < 4.78 is 10.5. The molecule has 3 N–H and O–H groups in total. The molecule has 280 valence electrons. The van der Waals surface area contributed by atoms with Gasteiger partial charge >= 0.3 is 11.9 Å². The van der Waals surface area contributed by atoms with Crippen LogP contribution in [0.3, 0.4) is 0 Å². The molecule has 3 atom stereocenters. The van der Waals surface area contributed by atoms with Crippen molar-refractivity contribution < 1.29 is 34.4 Å². The van der Waals surface area contributed by atoms with Gasteiger partial charge in [-0.25, -0.2) is 0 Å². The molecule has 0 aromatic rings. The summed E-state index contributed by atoms with van der Waals surface area (Å²) in [6.07, 6.45) is 33.8. The van der Waals surface area contributed by atoms with Gasteiger partial charge in [0.1, 0.15) is 6.61 Å². The zero-order valence-corrected chi connectivity index (χ0v) is 31.1. The normalized spacial score (nSPS) is 14.0. The van der Waals surface area contributed by atoms with Crippen molar-refractivity contribution in [3.05, 3.63) is 36.5 Å². The lowest BCUT2D eigenvalue weighted by Gasteiger charge is -2.17. The molecule has 0 radical (unpaired) electrons. The van der Waals surface area contributed by atoms with Crippen LogP contribution in [0, 0.1) is 5.92 Å². The van der Waals surface area contributed by atoms with Crippen molar-refractivity contribution in [3.8, 4) is 0 Å². The molecule has 7 nitrogen and oxygen atoms in total. The first-order valence-corrected chi connectivity index (χ1v) is 19.6. The Balaban J connectivity index is 3.81. The summed E-state index contributed by atoms with van der Waals surface area (Å²) in [5.74, 6) is -0.0481. The first-order valence-electron chi connectivity index (χ1n) is 19.6. The van der Waals surface area contributed by atoms with Crippen LogP contribution in [-0.4, -0.2) is 58.8 Å². The maximum Gasteiger partial charge on any atom is 0.306 e. The average molecular weight is 679 g/mol. The molecule has 0 amide bonds. The van der Waals surface area contributed by atoms with Gasteiger partial charge in [0.25, 0.3) is 0 Å².